The van der Waals surface area contributed by atoms with Gasteiger partial charge in [-0.05, 0) is 31.9 Å². The summed E-state index contributed by atoms with van der Waals surface area (Å²) < 4.78 is 0. The number of rotatable bonds is 2. The second kappa shape index (κ2) is 4.40. The second-order valence-electron chi connectivity index (χ2n) is 4.21. The molecule has 0 fully saturated rings. The number of allylic oxidation sites excluding steroid dienone is 1. The van der Waals surface area contributed by atoms with E-state index in [1.54, 1.807) is 12.2 Å². The van der Waals surface area contributed by atoms with E-state index < -0.39 is 5.54 Å². The van der Waals surface area contributed by atoms with E-state index in [0.29, 0.717) is 5.70 Å². The Balaban J connectivity index is 3.36. The van der Waals surface area contributed by atoms with E-state index in [1.165, 1.54) is 0 Å². The van der Waals surface area contributed by atoms with E-state index in [0.717, 1.165) is 11.1 Å². The van der Waals surface area contributed by atoms with Crippen LogP contribution in [0.3, 0.4) is 0 Å². The van der Waals surface area contributed by atoms with Crippen molar-refractivity contribution < 1.29 is 9.59 Å². The zero-order valence-corrected chi connectivity index (χ0v) is 9.87. The second-order valence-corrected chi connectivity index (χ2v) is 4.21. The van der Waals surface area contributed by atoms with Crippen molar-refractivity contribution in [1.82, 2.24) is 0 Å². The molecule has 4 nitrogen and oxygen atoms in total. The Hall–Kier alpha value is -1.76. The Morgan fingerprint density at radius 3 is 2.44 bits per heavy atom. The molecule has 0 radical (unpaired) electrons. The van der Waals surface area contributed by atoms with E-state index >= 15 is 0 Å². The molecule has 0 N–H and O–H groups in total. The van der Waals surface area contributed by atoms with Crippen LogP contribution in [-0.2, 0) is 9.59 Å². The van der Waals surface area contributed by atoms with Crippen molar-refractivity contribution in [1.29, 1.82) is 0 Å². The lowest BCUT2D eigenvalue weighted by atomic mass is 9.76. The average Bonchev–Trinajstić information content (AvgIpc) is 2.22. The lowest BCUT2D eigenvalue weighted by molar-refractivity contribution is 0.425. The molecule has 0 spiro atoms. The summed E-state index contributed by atoms with van der Waals surface area (Å²) in [5.41, 5.74) is 1.81. The Labute approximate surface area is 94.5 Å². The number of nitrogens with zero attached hydrogens (tertiary/aromatic N) is 2. The highest BCUT2D eigenvalue weighted by atomic mass is 16.1. The first-order chi connectivity index (χ1) is 7.46. The molecule has 2 atom stereocenters. The predicted octanol–water partition coefficient (Wildman–Crippen LogP) is 2.29. The normalized spacial score (nSPS) is 29.0. The third kappa shape index (κ3) is 1.94. The van der Waals surface area contributed by atoms with Crippen molar-refractivity contribution in [3.63, 3.8) is 0 Å². The molecule has 0 saturated carbocycles. The van der Waals surface area contributed by atoms with Crippen molar-refractivity contribution in [3.05, 3.63) is 22.9 Å². The largest absolute Gasteiger partial charge is 0.240 e. The molecular formula is C12H14N2O2. The monoisotopic (exact) mass is 218 g/mol. The molecule has 0 bridgehead atoms. The highest BCUT2D eigenvalue weighted by Crippen LogP contribution is 2.38. The number of aliphatic imine (C=N–C) groups is 2. The highest BCUT2D eigenvalue weighted by Gasteiger charge is 2.35. The maximum absolute atomic E-state index is 10.4. The van der Waals surface area contributed by atoms with Gasteiger partial charge in [-0.2, -0.15) is 9.98 Å². The summed E-state index contributed by atoms with van der Waals surface area (Å²) in [6.07, 6.45) is 4.98. The first kappa shape index (κ1) is 12.3. The van der Waals surface area contributed by atoms with Gasteiger partial charge in [0, 0.05) is 5.92 Å². The molecule has 4 heteroatoms. The number of isocyanates is 2. The van der Waals surface area contributed by atoms with Crippen LogP contribution >= 0.6 is 0 Å². The van der Waals surface area contributed by atoms with Gasteiger partial charge in [0.05, 0.1) is 11.2 Å². The van der Waals surface area contributed by atoms with Crippen molar-refractivity contribution >= 4 is 12.2 Å². The van der Waals surface area contributed by atoms with E-state index in [1.807, 2.05) is 33.8 Å². The van der Waals surface area contributed by atoms with E-state index in [2.05, 4.69) is 9.98 Å². The molecule has 0 aliphatic heterocycles. The highest BCUT2D eigenvalue weighted by molar-refractivity contribution is 5.50. The van der Waals surface area contributed by atoms with Gasteiger partial charge in [-0.15, -0.1) is 0 Å². The van der Waals surface area contributed by atoms with Crippen LogP contribution in [0.25, 0.3) is 0 Å². The van der Waals surface area contributed by atoms with Crippen LogP contribution in [-0.4, -0.2) is 17.7 Å². The number of hydrogen-bond acceptors (Lipinski definition) is 4. The van der Waals surface area contributed by atoms with Gasteiger partial charge in [0.1, 0.15) is 0 Å². The van der Waals surface area contributed by atoms with Crippen molar-refractivity contribution in [3.8, 4) is 0 Å². The lowest BCUT2D eigenvalue weighted by Gasteiger charge is -2.33. The molecule has 0 aromatic carbocycles. The number of carbonyl (C=O) groups excluding carboxylic acids is 2. The van der Waals surface area contributed by atoms with Gasteiger partial charge in [-0.3, -0.25) is 0 Å². The smallest absolute Gasteiger partial charge is 0.211 e. The lowest BCUT2D eigenvalue weighted by Crippen LogP contribution is -2.32. The van der Waals surface area contributed by atoms with E-state index in [-0.39, 0.29) is 5.92 Å². The summed E-state index contributed by atoms with van der Waals surface area (Å²) in [5, 5.41) is 0. The van der Waals surface area contributed by atoms with Crippen LogP contribution in [0.5, 0.6) is 0 Å². The minimum atomic E-state index is -0.599. The third-order valence-electron chi connectivity index (χ3n) is 3.23. The molecule has 0 heterocycles. The molecule has 1 aliphatic carbocycles. The first-order valence-corrected chi connectivity index (χ1v) is 5.03. The van der Waals surface area contributed by atoms with Crippen LogP contribution in [0.1, 0.15) is 27.7 Å². The maximum atomic E-state index is 10.4. The molecule has 2 unspecified atom stereocenters. The van der Waals surface area contributed by atoms with Crippen molar-refractivity contribution in [2.24, 2.45) is 15.9 Å². The van der Waals surface area contributed by atoms with Crippen LogP contribution in [0.4, 0.5) is 0 Å². The summed E-state index contributed by atoms with van der Waals surface area (Å²) in [6.45, 7) is 7.52. The Morgan fingerprint density at radius 2 is 1.94 bits per heavy atom. The summed E-state index contributed by atoms with van der Waals surface area (Å²) in [5.74, 6) is 0.00440. The Bertz CT molecular complexity index is 463. The summed E-state index contributed by atoms with van der Waals surface area (Å²) in [4.78, 5) is 28.3. The molecule has 84 valence electrons. The first-order valence-electron chi connectivity index (χ1n) is 5.03. The fraction of sp³-hybridized carbons (Fsp3) is 0.500. The van der Waals surface area contributed by atoms with E-state index in [9.17, 15) is 9.59 Å². The fourth-order valence-corrected chi connectivity index (χ4v) is 2.04. The molecule has 0 aromatic rings. The van der Waals surface area contributed by atoms with Gasteiger partial charge in [0.15, 0.2) is 0 Å². The van der Waals surface area contributed by atoms with Gasteiger partial charge in [0.2, 0.25) is 12.2 Å². The fourth-order valence-electron chi connectivity index (χ4n) is 2.04. The summed E-state index contributed by atoms with van der Waals surface area (Å²) >= 11 is 0. The van der Waals surface area contributed by atoms with Gasteiger partial charge >= 0.3 is 0 Å². The van der Waals surface area contributed by atoms with Crippen LogP contribution in [0, 0.1) is 5.92 Å². The van der Waals surface area contributed by atoms with Crippen molar-refractivity contribution in [2.45, 2.75) is 33.2 Å². The molecule has 1 aliphatic rings. The minimum Gasteiger partial charge on any atom is -0.211 e. The molecule has 16 heavy (non-hydrogen) atoms. The van der Waals surface area contributed by atoms with Crippen LogP contribution in [0.2, 0.25) is 0 Å². The molecule has 0 saturated heterocycles. The predicted molar refractivity (Wildman–Crippen MR) is 60.3 cm³/mol. The molecule has 0 aromatic heterocycles. The van der Waals surface area contributed by atoms with Crippen molar-refractivity contribution in [2.75, 3.05) is 0 Å². The maximum Gasteiger partial charge on any atom is 0.240 e. The third-order valence-corrected chi connectivity index (χ3v) is 3.23. The SMILES string of the molecule is CC1=CC(C)(N=C=O)C(C)C(C)=C1N=C=O. The Kier molecular flexibility index (Phi) is 3.38. The van der Waals surface area contributed by atoms with Gasteiger partial charge in [-0.25, -0.2) is 9.59 Å². The quantitative estimate of drug-likeness (QED) is 0.527. The average molecular weight is 218 g/mol. The molecular weight excluding hydrogens is 204 g/mol. The summed E-state index contributed by atoms with van der Waals surface area (Å²) in [6, 6.07) is 0. The molecule has 0 amide bonds. The van der Waals surface area contributed by atoms with E-state index in [4.69, 9.17) is 0 Å². The van der Waals surface area contributed by atoms with Gasteiger partial charge in [-0.1, -0.05) is 13.0 Å². The zero-order chi connectivity index (χ0) is 12.3. The van der Waals surface area contributed by atoms with Gasteiger partial charge < -0.3 is 0 Å². The Morgan fingerprint density at radius 1 is 1.31 bits per heavy atom. The van der Waals surface area contributed by atoms with Gasteiger partial charge in [0.25, 0.3) is 0 Å². The van der Waals surface area contributed by atoms with Crippen LogP contribution < -0.4 is 0 Å². The van der Waals surface area contributed by atoms with Crippen LogP contribution in [0.15, 0.2) is 32.9 Å². The summed E-state index contributed by atoms with van der Waals surface area (Å²) in [7, 11) is 0. The standard InChI is InChI=1S/C12H14N2O2/c1-8-5-12(4,14-7-16)10(3)9(2)11(8)13-6-15/h5,10H,1-4H3. The number of hydrogen-bond donors (Lipinski definition) is 0. The minimum absolute atomic E-state index is 0.00440. The molecule has 1 rings (SSSR count). The topological polar surface area (TPSA) is 58.9 Å². The zero-order valence-electron chi connectivity index (χ0n) is 9.87.